The van der Waals surface area contributed by atoms with Crippen LogP contribution >= 0.6 is 0 Å². The quantitative estimate of drug-likeness (QED) is 0.345. The van der Waals surface area contributed by atoms with Gasteiger partial charge in [0.25, 0.3) is 5.56 Å². The fourth-order valence-corrected chi connectivity index (χ4v) is 3.50. The molecule has 174 valence electrons. The molecule has 1 N–H and O–H groups in total. The van der Waals surface area contributed by atoms with E-state index >= 15 is 0 Å². The molecule has 0 aliphatic heterocycles. The van der Waals surface area contributed by atoms with Crippen LogP contribution in [0.2, 0.25) is 0 Å². The lowest BCUT2D eigenvalue weighted by Crippen LogP contribution is -2.33. The Labute approximate surface area is 198 Å². The van der Waals surface area contributed by atoms with E-state index in [-0.39, 0.29) is 18.0 Å². The van der Waals surface area contributed by atoms with E-state index in [9.17, 15) is 9.59 Å². The van der Waals surface area contributed by atoms with Gasteiger partial charge in [-0.2, -0.15) is 0 Å². The van der Waals surface area contributed by atoms with Gasteiger partial charge < -0.3 is 14.8 Å². The Bertz CT molecular complexity index is 1270. The van der Waals surface area contributed by atoms with Crippen molar-refractivity contribution in [3.8, 4) is 11.5 Å². The highest BCUT2D eigenvalue weighted by Crippen LogP contribution is 2.19. The lowest BCUT2D eigenvalue weighted by atomic mass is 10.2. The summed E-state index contributed by atoms with van der Waals surface area (Å²) < 4.78 is 13.0. The lowest BCUT2D eigenvalue weighted by Gasteiger charge is -2.11. The molecule has 0 aliphatic carbocycles. The Balaban J connectivity index is 1.13. The third kappa shape index (κ3) is 6.45. The van der Waals surface area contributed by atoms with Gasteiger partial charge in [-0.1, -0.05) is 42.5 Å². The predicted molar refractivity (Wildman–Crippen MR) is 131 cm³/mol. The minimum atomic E-state index is -0.293. The zero-order valence-electron chi connectivity index (χ0n) is 18.9. The smallest absolute Gasteiger partial charge is 0.269 e. The van der Waals surface area contributed by atoms with Crippen LogP contribution in [0.5, 0.6) is 11.5 Å². The summed E-state index contributed by atoms with van der Waals surface area (Å²) >= 11 is 0. The fourth-order valence-electron chi connectivity index (χ4n) is 3.50. The summed E-state index contributed by atoms with van der Waals surface area (Å²) in [6.07, 6.45) is 2.82. The van der Waals surface area contributed by atoms with Crippen LogP contribution in [0.3, 0.4) is 0 Å². The average Bonchev–Trinajstić information content (AvgIpc) is 2.88. The summed E-state index contributed by atoms with van der Waals surface area (Å²) in [7, 11) is 0. The van der Waals surface area contributed by atoms with Crippen LogP contribution in [0.1, 0.15) is 18.4 Å². The Kier molecular flexibility index (Phi) is 7.90. The number of ether oxygens (including phenoxy) is 2. The third-order valence-electron chi connectivity index (χ3n) is 5.29. The molecule has 0 atom stereocenters. The Hall–Kier alpha value is -4.13. The SMILES string of the molecule is O=C(Cn1c(=O)cnc2ccccc21)NCCCCOc1ccc(OCc2ccccc2)cc1. The van der Waals surface area contributed by atoms with Crippen molar-refractivity contribution in [1.29, 1.82) is 0 Å². The van der Waals surface area contributed by atoms with Crippen molar-refractivity contribution in [3.63, 3.8) is 0 Å². The number of amides is 1. The number of benzene rings is 3. The summed E-state index contributed by atoms with van der Waals surface area (Å²) in [6.45, 7) is 1.57. The Morgan fingerprint density at radius 3 is 2.35 bits per heavy atom. The maximum Gasteiger partial charge on any atom is 0.269 e. The molecule has 7 heteroatoms. The van der Waals surface area contributed by atoms with Gasteiger partial charge in [0.05, 0.1) is 23.8 Å². The van der Waals surface area contributed by atoms with Gasteiger partial charge in [0, 0.05) is 6.54 Å². The predicted octanol–water partition coefficient (Wildman–Crippen LogP) is 3.95. The largest absolute Gasteiger partial charge is 0.494 e. The summed E-state index contributed by atoms with van der Waals surface area (Å²) in [5.74, 6) is 1.37. The number of nitrogens with zero attached hydrogens (tertiary/aromatic N) is 2. The van der Waals surface area contributed by atoms with Gasteiger partial charge in [-0.3, -0.25) is 14.2 Å². The lowest BCUT2D eigenvalue weighted by molar-refractivity contribution is -0.121. The highest BCUT2D eigenvalue weighted by Gasteiger charge is 2.08. The number of unbranched alkanes of at least 4 members (excludes halogenated alkanes) is 1. The minimum Gasteiger partial charge on any atom is -0.494 e. The molecule has 4 aromatic rings. The number of nitrogens with one attached hydrogen (secondary N) is 1. The van der Waals surface area contributed by atoms with Crippen molar-refractivity contribution >= 4 is 16.9 Å². The van der Waals surface area contributed by atoms with Crippen LogP contribution in [0.4, 0.5) is 0 Å². The van der Waals surface area contributed by atoms with Crippen LogP contribution in [-0.2, 0) is 17.9 Å². The Morgan fingerprint density at radius 1 is 0.853 bits per heavy atom. The van der Waals surface area contributed by atoms with Gasteiger partial charge in [0.15, 0.2) is 0 Å². The van der Waals surface area contributed by atoms with Crippen molar-refractivity contribution in [2.75, 3.05) is 13.2 Å². The van der Waals surface area contributed by atoms with Crippen LogP contribution in [0.25, 0.3) is 11.0 Å². The van der Waals surface area contributed by atoms with E-state index in [4.69, 9.17) is 9.47 Å². The first-order valence-corrected chi connectivity index (χ1v) is 11.3. The number of fused-ring (bicyclic) bond motifs is 1. The number of rotatable bonds is 11. The normalized spacial score (nSPS) is 10.7. The van der Waals surface area contributed by atoms with Gasteiger partial charge in [-0.05, 0) is 54.8 Å². The summed E-state index contributed by atoms with van der Waals surface area (Å²) in [5, 5.41) is 2.87. The third-order valence-corrected chi connectivity index (χ3v) is 5.29. The number of hydrogen-bond acceptors (Lipinski definition) is 5. The summed E-state index contributed by atoms with van der Waals surface area (Å²) in [6, 6.07) is 24.9. The first-order chi connectivity index (χ1) is 16.7. The molecule has 0 bridgehead atoms. The molecule has 34 heavy (non-hydrogen) atoms. The highest BCUT2D eigenvalue weighted by atomic mass is 16.5. The standard InChI is InChI=1S/C27H27N3O4/c31-26(19-30-25-11-5-4-10-24(25)29-18-27(30)32)28-16-6-7-17-33-22-12-14-23(15-13-22)34-20-21-8-2-1-3-9-21/h1-5,8-15,18H,6-7,16-17,19-20H2,(H,28,31). The van der Waals surface area contributed by atoms with Crippen LogP contribution in [0, 0.1) is 0 Å². The van der Waals surface area contributed by atoms with E-state index in [1.165, 1.54) is 10.8 Å². The maximum atomic E-state index is 12.3. The second-order valence-corrected chi connectivity index (χ2v) is 7.82. The molecular weight excluding hydrogens is 430 g/mol. The van der Waals surface area contributed by atoms with Gasteiger partial charge in [-0.15, -0.1) is 0 Å². The molecule has 1 aromatic heterocycles. The summed E-state index contributed by atoms with van der Waals surface area (Å²) in [4.78, 5) is 28.6. The van der Waals surface area contributed by atoms with Crippen molar-refractivity contribution in [2.24, 2.45) is 0 Å². The molecule has 0 unspecified atom stereocenters. The van der Waals surface area contributed by atoms with Crippen LogP contribution < -0.4 is 20.3 Å². The van der Waals surface area contributed by atoms with E-state index < -0.39 is 0 Å². The molecule has 1 amide bonds. The molecule has 3 aromatic carbocycles. The minimum absolute atomic E-state index is 0.0307. The van der Waals surface area contributed by atoms with E-state index in [2.05, 4.69) is 10.3 Å². The van der Waals surface area contributed by atoms with Crippen molar-refractivity contribution in [2.45, 2.75) is 26.0 Å². The molecule has 0 radical (unpaired) electrons. The average molecular weight is 458 g/mol. The molecule has 0 aliphatic rings. The molecule has 1 heterocycles. The number of aromatic nitrogens is 2. The Morgan fingerprint density at radius 2 is 1.56 bits per heavy atom. The van der Waals surface area contributed by atoms with E-state index in [0.29, 0.717) is 30.8 Å². The first-order valence-electron chi connectivity index (χ1n) is 11.3. The van der Waals surface area contributed by atoms with Gasteiger partial charge >= 0.3 is 0 Å². The van der Waals surface area contributed by atoms with E-state index in [0.717, 1.165) is 29.9 Å². The second-order valence-electron chi connectivity index (χ2n) is 7.82. The zero-order chi connectivity index (χ0) is 23.6. The van der Waals surface area contributed by atoms with Gasteiger partial charge in [0.2, 0.25) is 5.91 Å². The second kappa shape index (κ2) is 11.7. The number of carbonyl (C=O) groups is 1. The zero-order valence-corrected chi connectivity index (χ0v) is 18.9. The molecule has 7 nitrogen and oxygen atoms in total. The number of carbonyl (C=O) groups excluding carboxylic acids is 1. The molecule has 4 rings (SSSR count). The highest BCUT2D eigenvalue weighted by molar-refractivity contribution is 5.79. The maximum absolute atomic E-state index is 12.3. The summed E-state index contributed by atoms with van der Waals surface area (Å²) in [5.41, 5.74) is 2.16. The molecule has 0 spiro atoms. The van der Waals surface area contributed by atoms with Crippen molar-refractivity contribution < 1.29 is 14.3 Å². The van der Waals surface area contributed by atoms with Gasteiger partial charge in [0.1, 0.15) is 24.7 Å². The fraction of sp³-hybridized carbons (Fsp3) is 0.222. The molecule has 0 saturated heterocycles. The van der Waals surface area contributed by atoms with E-state index in [1.807, 2.05) is 72.8 Å². The van der Waals surface area contributed by atoms with Crippen LogP contribution in [0.15, 0.2) is 89.9 Å². The molecular formula is C27H27N3O4. The van der Waals surface area contributed by atoms with Gasteiger partial charge in [-0.25, -0.2) is 4.98 Å². The topological polar surface area (TPSA) is 82.5 Å². The van der Waals surface area contributed by atoms with E-state index in [1.54, 1.807) is 6.07 Å². The van der Waals surface area contributed by atoms with Crippen molar-refractivity contribution in [3.05, 3.63) is 101 Å². The molecule has 0 fully saturated rings. The number of para-hydroxylation sites is 2. The first kappa shape index (κ1) is 23.0. The molecule has 0 saturated carbocycles. The monoisotopic (exact) mass is 457 g/mol. The number of hydrogen-bond donors (Lipinski definition) is 1. The van der Waals surface area contributed by atoms with Crippen LogP contribution in [-0.4, -0.2) is 28.6 Å². The van der Waals surface area contributed by atoms with Crippen molar-refractivity contribution in [1.82, 2.24) is 14.9 Å².